The van der Waals surface area contributed by atoms with Crippen molar-refractivity contribution < 1.29 is 0 Å². The lowest BCUT2D eigenvalue weighted by Gasteiger charge is -2.28. The SMILES string of the molecule is CC1(C)c2cc(-c3ccc4c5ccccc5n(-c5ccccc5)c4c3)ccc2-c2ccc(N(c3ccc(-c4ccc(-c5ccc6c(c5)c5ccccc5n6-c5ccccc5)cc4)cc3)c3ccc(-c4ccc5c(c4)c4ccccc4n5-c4ccccc4)cc3)cc21. The molecule has 1 aliphatic carbocycles. The summed E-state index contributed by atoms with van der Waals surface area (Å²) >= 11 is 0. The molecule has 0 atom stereocenters. The predicted octanol–water partition coefficient (Wildman–Crippen LogP) is 23.4. The molecule has 17 aromatic rings. The molecule has 0 bridgehead atoms. The second-order valence-corrected chi connectivity index (χ2v) is 24.9. The molecule has 0 fully saturated rings. The smallest absolute Gasteiger partial charge is 0.0547 e. The van der Waals surface area contributed by atoms with Crippen LogP contribution in [0.15, 0.2) is 328 Å². The minimum atomic E-state index is -0.277. The van der Waals surface area contributed by atoms with E-state index in [-0.39, 0.29) is 5.41 Å². The minimum Gasteiger partial charge on any atom is -0.310 e. The summed E-state index contributed by atoms with van der Waals surface area (Å²) in [5.74, 6) is 0. The van der Waals surface area contributed by atoms with Gasteiger partial charge < -0.3 is 18.6 Å². The number of rotatable bonds is 10. The van der Waals surface area contributed by atoms with E-state index in [1.165, 1.54) is 132 Å². The molecule has 3 heterocycles. The van der Waals surface area contributed by atoms with Gasteiger partial charge in [0.2, 0.25) is 0 Å². The summed E-state index contributed by atoms with van der Waals surface area (Å²) in [5, 5.41) is 7.51. The first-order valence-corrected chi connectivity index (χ1v) is 31.6. The normalized spacial score (nSPS) is 12.6. The van der Waals surface area contributed by atoms with Crippen LogP contribution in [0.1, 0.15) is 25.0 Å². The van der Waals surface area contributed by atoms with E-state index < -0.39 is 0 Å². The largest absolute Gasteiger partial charge is 0.310 e. The van der Waals surface area contributed by atoms with Crippen LogP contribution in [0, 0.1) is 0 Å². The summed E-state index contributed by atoms with van der Waals surface area (Å²) in [6, 6.07) is 121. The Morgan fingerprint density at radius 3 is 1.01 bits per heavy atom. The van der Waals surface area contributed by atoms with Crippen molar-refractivity contribution in [3.63, 3.8) is 0 Å². The second kappa shape index (κ2) is 20.7. The van der Waals surface area contributed by atoms with Crippen LogP contribution in [0.5, 0.6) is 0 Å². The summed E-state index contributed by atoms with van der Waals surface area (Å²) < 4.78 is 7.17. The van der Waals surface area contributed by atoms with E-state index in [0.29, 0.717) is 0 Å². The quantitative estimate of drug-likeness (QED) is 0.133. The van der Waals surface area contributed by atoms with Gasteiger partial charge in [-0.05, 0) is 194 Å². The first-order chi connectivity index (χ1) is 44.9. The maximum Gasteiger partial charge on any atom is 0.0547 e. The van der Waals surface area contributed by atoms with Gasteiger partial charge in [0.1, 0.15) is 0 Å². The van der Waals surface area contributed by atoms with E-state index >= 15 is 0 Å². The standard InChI is InChI=1S/C87H60N4/c1-87(2)79-54-63(64-39-48-76-73-24-12-15-27-81(73)91(86(76)55-64)67-22-10-5-11-23-67)38-47-71(79)72-49-46-70(56-80(72)87)88(69-44-36-60(37-45-69)62-41-51-85-78(53-62)75-26-14-17-29-83(75)90(85)66-20-8-4-9-21-66)68-42-34-58(35-43-68)57-30-32-59(33-31-57)61-40-50-84-77(52-61)74-25-13-16-28-82(74)89(84)65-18-6-3-7-19-65/h3-56H,1-2H3. The Hall–Kier alpha value is -11.7. The Kier molecular flexibility index (Phi) is 11.9. The van der Waals surface area contributed by atoms with Gasteiger partial charge in [-0.25, -0.2) is 0 Å². The molecule has 18 rings (SSSR count). The fourth-order valence-corrected chi connectivity index (χ4v) is 15.0. The van der Waals surface area contributed by atoms with Crippen molar-refractivity contribution in [3.05, 3.63) is 339 Å². The molecule has 0 spiro atoms. The Morgan fingerprint density at radius 1 is 0.220 bits per heavy atom. The molecule has 0 aliphatic heterocycles. The molecule has 91 heavy (non-hydrogen) atoms. The lowest BCUT2D eigenvalue weighted by atomic mass is 9.81. The highest BCUT2D eigenvalue weighted by Gasteiger charge is 2.36. The van der Waals surface area contributed by atoms with Gasteiger partial charge in [-0.1, -0.05) is 214 Å². The lowest BCUT2D eigenvalue weighted by Crippen LogP contribution is -2.16. The maximum absolute atomic E-state index is 2.45. The van der Waals surface area contributed by atoms with Gasteiger partial charge in [-0.15, -0.1) is 0 Å². The average molecular weight is 1160 g/mol. The van der Waals surface area contributed by atoms with Gasteiger partial charge in [0.15, 0.2) is 0 Å². The number of nitrogens with zero attached hydrogens (tertiary/aromatic N) is 4. The number of fused-ring (bicyclic) bond motifs is 12. The number of hydrogen-bond donors (Lipinski definition) is 0. The molecule has 4 nitrogen and oxygen atoms in total. The van der Waals surface area contributed by atoms with Crippen LogP contribution in [-0.4, -0.2) is 13.7 Å². The molecular weight excluding hydrogens is 1100 g/mol. The van der Waals surface area contributed by atoms with Crippen LogP contribution in [-0.2, 0) is 5.41 Å². The van der Waals surface area contributed by atoms with E-state index in [2.05, 4.69) is 360 Å². The van der Waals surface area contributed by atoms with E-state index in [4.69, 9.17) is 0 Å². The molecule has 4 heteroatoms. The van der Waals surface area contributed by atoms with Crippen LogP contribution < -0.4 is 4.90 Å². The summed E-state index contributed by atoms with van der Waals surface area (Å²) in [6.07, 6.45) is 0. The summed E-state index contributed by atoms with van der Waals surface area (Å²) in [6.45, 7) is 4.80. The van der Waals surface area contributed by atoms with Crippen LogP contribution >= 0.6 is 0 Å². The lowest BCUT2D eigenvalue weighted by molar-refractivity contribution is 0.660. The molecule has 0 N–H and O–H groups in total. The first-order valence-electron chi connectivity index (χ1n) is 31.6. The maximum atomic E-state index is 2.45. The summed E-state index contributed by atoms with van der Waals surface area (Å²) in [5.41, 5.74) is 28.5. The number of hydrogen-bond acceptors (Lipinski definition) is 1. The zero-order valence-corrected chi connectivity index (χ0v) is 50.5. The van der Waals surface area contributed by atoms with E-state index in [1.54, 1.807) is 0 Å². The van der Waals surface area contributed by atoms with Crippen molar-refractivity contribution in [1.29, 1.82) is 0 Å². The summed E-state index contributed by atoms with van der Waals surface area (Å²) in [4.78, 5) is 2.43. The number of para-hydroxylation sites is 6. The van der Waals surface area contributed by atoms with Crippen molar-refractivity contribution in [2.45, 2.75) is 19.3 Å². The van der Waals surface area contributed by atoms with Crippen molar-refractivity contribution in [1.82, 2.24) is 13.7 Å². The first kappa shape index (κ1) is 52.4. The fourth-order valence-electron chi connectivity index (χ4n) is 15.0. The zero-order valence-electron chi connectivity index (χ0n) is 50.5. The molecule has 14 aromatic carbocycles. The Labute approximate surface area is 528 Å². The van der Waals surface area contributed by atoms with Crippen molar-refractivity contribution in [2.24, 2.45) is 0 Å². The summed E-state index contributed by atoms with van der Waals surface area (Å²) in [7, 11) is 0. The van der Waals surface area contributed by atoms with E-state index in [9.17, 15) is 0 Å². The third-order valence-electron chi connectivity index (χ3n) is 19.4. The molecule has 0 saturated heterocycles. The number of benzene rings is 14. The number of aromatic nitrogens is 3. The molecule has 0 amide bonds. The highest BCUT2D eigenvalue weighted by atomic mass is 15.1. The van der Waals surface area contributed by atoms with Crippen LogP contribution in [0.4, 0.5) is 17.1 Å². The van der Waals surface area contributed by atoms with Gasteiger partial charge in [0, 0.05) is 71.9 Å². The van der Waals surface area contributed by atoms with Gasteiger partial charge in [-0.3, -0.25) is 0 Å². The van der Waals surface area contributed by atoms with Gasteiger partial charge in [0.25, 0.3) is 0 Å². The highest BCUT2D eigenvalue weighted by molar-refractivity contribution is 6.13. The van der Waals surface area contributed by atoms with Crippen LogP contribution in [0.3, 0.4) is 0 Å². The molecule has 0 radical (unpaired) electrons. The van der Waals surface area contributed by atoms with Gasteiger partial charge in [0.05, 0.1) is 33.1 Å². The minimum absolute atomic E-state index is 0.277. The van der Waals surface area contributed by atoms with E-state index in [1.807, 2.05) is 0 Å². The Balaban J connectivity index is 0.701. The number of anilines is 3. The fraction of sp³-hybridized carbons (Fsp3) is 0.0345. The van der Waals surface area contributed by atoms with Gasteiger partial charge >= 0.3 is 0 Å². The van der Waals surface area contributed by atoms with Gasteiger partial charge in [-0.2, -0.15) is 0 Å². The third-order valence-corrected chi connectivity index (χ3v) is 19.4. The monoisotopic (exact) mass is 1160 g/mol. The predicted molar refractivity (Wildman–Crippen MR) is 383 cm³/mol. The molecular formula is C87H60N4. The third kappa shape index (κ3) is 8.44. The molecule has 428 valence electrons. The van der Waals surface area contributed by atoms with Crippen LogP contribution in [0.25, 0.3) is 138 Å². The average Bonchev–Trinajstić information content (AvgIpc) is 1.67. The zero-order chi connectivity index (χ0) is 60.3. The Morgan fingerprint density at radius 2 is 0.527 bits per heavy atom. The molecule has 3 aromatic heterocycles. The Bertz CT molecular complexity index is 5690. The second-order valence-electron chi connectivity index (χ2n) is 24.9. The topological polar surface area (TPSA) is 18.0 Å². The highest BCUT2D eigenvalue weighted by Crippen LogP contribution is 2.52. The van der Waals surface area contributed by atoms with Crippen molar-refractivity contribution >= 4 is 82.5 Å². The van der Waals surface area contributed by atoms with Crippen molar-refractivity contribution in [3.8, 4) is 72.7 Å². The van der Waals surface area contributed by atoms with Crippen molar-refractivity contribution in [2.75, 3.05) is 4.90 Å². The molecule has 0 saturated carbocycles. The molecule has 0 unspecified atom stereocenters. The molecule has 1 aliphatic rings. The van der Waals surface area contributed by atoms with Crippen LogP contribution in [0.2, 0.25) is 0 Å². The van der Waals surface area contributed by atoms with E-state index in [0.717, 1.165) is 34.0 Å².